The molecule has 9 nitrogen and oxygen atoms in total. The lowest BCUT2D eigenvalue weighted by Crippen LogP contribution is -2.42. The van der Waals surface area contributed by atoms with E-state index in [0.29, 0.717) is 36.8 Å². The van der Waals surface area contributed by atoms with Crippen molar-refractivity contribution in [2.75, 3.05) is 41.7 Å². The molecule has 0 aliphatic heterocycles. The SMILES string of the molecule is C=C(C)C(=O)OC.C=C(C)C(=O)OCCC[Si](OC)(OC)OC.C=CC(=O)OCC. The van der Waals surface area contributed by atoms with Crippen molar-refractivity contribution in [3.05, 3.63) is 37.0 Å². The van der Waals surface area contributed by atoms with Gasteiger partial charge in [-0.25, -0.2) is 14.4 Å². The van der Waals surface area contributed by atoms with Gasteiger partial charge in [-0.2, -0.15) is 0 Å². The van der Waals surface area contributed by atoms with Gasteiger partial charge in [0.1, 0.15) is 0 Å². The van der Waals surface area contributed by atoms with Crippen LogP contribution in [0.2, 0.25) is 6.04 Å². The lowest BCUT2D eigenvalue weighted by molar-refractivity contribution is -0.139. The van der Waals surface area contributed by atoms with Crippen molar-refractivity contribution in [1.82, 2.24) is 0 Å². The predicted octanol–water partition coefficient (Wildman–Crippen LogP) is 2.84. The molecular formula is C20H36O9Si. The maximum Gasteiger partial charge on any atom is 0.500 e. The van der Waals surface area contributed by atoms with Crippen molar-refractivity contribution in [1.29, 1.82) is 0 Å². The third-order valence-corrected chi connectivity index (χ3v) is 5.96. The summed E-state index contributed by atoms with van der Waals surface area (Å²) in [5.74, 6) is -1.08. The first-order valence-electron chi connectivity index (χ1n) is 9.01. The van der Waals surface area contributed by atoms with Gasteiger partial charge < -0.3 is 27.5 Å². The highest BCUT2D eigenvalue weighted by Gasteiger charge is 2.36. The number of rotatable bonds is 11. The van der Waals surface area contributed by atoms with Crippen molar-refractivity contribution in [3.63, 3.8) is 0 Å². The molecule has 0 spiro atoms. The normalized spacial score (nSPS) is 9.57. The van der Waals surface area contributed by atoms with E-state index in [-0.39, 0.29) is 17.9 Å². The summed E-state index contributed by atoms with van der Waals surface area (Å²) in [7, 11) is 3.46. The van der Waals surface area contributed by atoms with Crippen molar-refractivity contribution in [2.24, 2.45) is 0 Å². The maximum atomic E-state index is 11.1. The standard InChI is InChI=1S/C10H20O5Si.2C5H8O2/c1-9(2)10(11)15-7-6-8-16(12-3,13-4)14-5;1-4(2)5(6)7-3;1-3-5(6)7-4-2/h1,6-8H2,2-5H3;1H2,2-3H3;3H,1,4H2,2H3. The maximum absolute atomic E-state index is 11.1. The summed E-state index contributed by atoms with van der Waals surface area (Å²) in [6.07, 6.45) is 1.78. The van der Waals surface area contributed by atoms with E-state index >= 15 is 0 Å². The van der Waals surface area contributed by atoms with Gasteiger partial charge in [-0.1, -0.05) is 19.7 Å². The number of hydrogen-bond donors (Lipinski definition) is 0. The highest BCUT2D eigenvalue weighted by molar-refractivity contribution is 6.60. The zero-order chi connectivity index (χ0) is 24.2. The Morgan fingerprint density at radius 1 is 0.867 bits per heavy atom. The Kier molecular flexibility index (Phi) is 21.6. The van der Waals surface area contributed by atoms with Crippen LogP contribution in [-0.4, -0.2) is 68.4 Å². The Bertz CT molecular complexity index is 544. The van der Waals surface area contributed by atoms with Crippen LogP contribution in [0.25, 0.3) is 0 Å². The van der Waals surface area contributed by atoms with Gasteiger partial charge in [-0.15, -0.1) is 0 Å². The minimum absolute atomic E-state index is 0.316. The van der Waals surface area contributed by atoms with Crippen molar-refractivity contribution < 1.29 is 41.9 Å². The molecule has 0 atom stereocenters. The molecule has 0 heterocycles. The van der Waals surface area contributed by atoms with E-state index in [2.05, 4.69) is 29.2 Å². The van der Waals surface area contributed by atoms with Crippen LogP contribution in [-0.2, 0) is 41.9 Å². The van der Waals surface area contributed by atoms with Gasteiger partial charge in [0, 0.05) is 44.6 Å². The Balaban J connectivity index is -0.000000430. The predicted molar refractivity (Wildman–Crippen MR) is 116 cm³/mol. The van der Waals surface area contributed by atoms with Crippen LogP contribution in [0.1, 0.15) is 27.2 Å². The molecule has 0 rings (SSSR count). The van der Waals surface area contributed by atoms with Crippen molar-refractivity contribution in [3.8, 4) is 0 Å². The van der Waals surface area contributed by atoms with Gasteiger partial charge in [0.05, 0.1) is 20.3 Å². The third kappa shape index (κ3) is 17.8. The summed E-state index contributed by atoms with van der Waals surface area (Å²) >= 11 is 0. The fourth-order valence-corrected chi connectivity index (χ4v) is 3.20. The van der Waals surface area contributed by atoms with Crippen molar-refractivity contribution in [2.45, 2.75) is 33.2 Å². The molecule has 0 aliphatic rings. The fourth-order valence-electron chi connectivity index (χ4n) is 1.51. The van der Waals surface area contributed by atoms with Gasteiger partial charge >= 0.3 is 26.7 Å². The van der Waals surface area contributed by atoms with E-state index in [4.69, 9.17) is 18.0 Å². The highest BCUT2D eigenvalue weighted by atomic mass is 28.4. The minimum atomic E-state index is -2.53. The fraction of sp³-hybridized carbons (Fsp3) is 0.550. The number of methoxy groups -OCH3 is 1. The largest absolute Gasteiger partial charge is 0.500 e. The van der Waals surface area contributed by atoms with Crippen LogP contribution in [0.4, 0.5) is 0 Å². The van der Waals surface area contributed by atoms with E-state index in [1.807, 2.05) is 0 Å². The first-order chi connectivity index (χ1) is 14.0. The van der Waals surface area contributed by atoms with Crippen LogP contribution in [0.5, 0.6) is 0 Å². The van der Waals surface area contributed by atoms with E-state index in [1.54, 1.807) is 42.1 Å². The van der Waals surface area contributed by atoms with Gasteiger partial charge in [0.15, 0.2) is 0 Å². The zero-order valence-electron chi connectivity index (χ0n) is 19.2. The molecule has 0 aromatic carbocycles. The molecule has 0 unspecified atom stereocenters. The number of ether oxygens (including phenoxy) is 3. The Morgan fingerprint density at radius 3 is 1.57 bits per heavy atom. The lowest BCUT2D eigenvalue weighted by Gasteiger charge is -2.24. The molecule has 0 saturated carbocycles. The molecule has 0 aromatic heterocycles. The molecule has 10 heteroatoms. The van der Waals surface area contributed by atoms with Gasteiger partial charge in [-0.05, 0) is 27.2 Å². The molecule has 30 heavy (non-hydrogen) atoms. The molecule has 174 valence electrons. The van der Waals surface area contributed by atoms with E-state index < -0.39 is 8.80 Å². The second kappa shape index (κ2) is 20.0. The zero-order valence-corrected chi connectivity index (χ0v) is 20.2. The summed E-state index contributed by atoms with van der Waals surface area (Å²) in [6.45, 7) is 15.8. The topological polar surface area (TPSA) is 107 Å². The summed E-state index contributed by atoms with van der Waals surface area (Å²) in [6, 6.07) is 0.611. The molecule has 0 radical (unpaired) electrons. The summed E-state index contributed by atoms with van der Waals surface area (Å²) in [5, 5.41) is 0. The molecule has 0 bridgehead atoms. The molecule has 0 aromatic rings. The Hall–Kier alpha value is -2.27. The van der Waals surface area contributed by atoms with E-state index in [0.717, 1.165) is 6.08 Å². The number of esters is 3. The van der Waals surface area contributed by atoms with E-state index in [9.17, 15) is 14.4 Å². The average molecular weight is 449 g/mol. The molecule has 0 fully saturated rings. The number of hydrogen-bond acceptors (Lipinski definition) is 9. The first-order valence-corrected chi connectivity index (χ1v) is 10.9. The lowest BCUT2D eigenvalue weighted by atomic mass is 10.4. The van der Waals surface area contributed by atoms with Gasteiger partial charge in [-0.3, -0.25) is 0 Å². The minimum Gasteiger partial charge on any atom is -0.466 e. The number of carbonyl (C=O) groups excluding carboxylic acids is 3. The van der Waals surface area contributed by atoms with Gasteiger partial charge in [0.25, 0.3) is 0 Å². The summed E-state index contributed by atoms with van der Waals surface area (Å²) in [5.41, 5.74) is 0.830. The summed E-state index contributed by atoms with van der Waals surface area (Å²) in [4.78, 5) is 31.3. The van der Waals surface area contributed by atoms with Crippen LogP contribution in [0.15, 0.2) is 37.0 Å². The average Bonchev–Trinajstić information content (AvgIpc) is 2.74. The smallest absolute Gasteiger partial charge is 0.466 e. The van der Waals surface area contributed by atoms with Crippen LogP contribution >= 0.6 is 0 Å². The summed E-state index contributed by atoms with van der Waals surface area (Å²) < 4.78 is 29.3. The number of carbonyl (C=O) groups is 3. The van der Waals surface area contributed by atoms with Gasteiger partial charge in [0.2, 0.25) is 0 Å². The van der Waals surface area contributed by atoms with Crippen molar-refractivity contribution >= 4 is 26.7 Å². The third-order valence-electron chi connectivity index (χ3n) is 3.13. The quantitative estimate of drug-likeness (QED) is 0.155. The first kappa shape index (κ1) is 32.4. The van der Waals surface area contributed by atoms with Crippen LogP contribution in [0.3, 0.4) is 0 Å². The Labute approximate surface area is 181 Å². The highest BCUT2D eigenvalue weighted by Crippen LogP contribution is 2.14. The second-order valence-corrected chi connectivity index (χ2v) is 8.63. The molecule has 0 N–H and O–H groups in total. The molecular weight excluding hydrogens is 412 g/mol. The molecule has 0 amide bonds. The van der Waals surface area contributed by atoms with Crippen LogP contribution < -0.4 is 0 Å². The molecule has 0 saturated heterocycles. The molecule has 0 aliphatic carbocycles. The Morgan fingerprint density at radius 2 is 1.33 bits per heavy atom. The second-order valence-electron chi connectivity index (χ2n) is 5.54. The van der Waals surface area contributed by atoms with E-state index in [1.165, 1.54) is 7.11 Å². The monoisotopic (exact) mass is 448 g/mol. The van der Waals surface area contributed by atoms with Crippen LogP contribution in [0, 0.1) is 0 Å².